The molecule has 16 heavy (non-hydrogen) atoms. The van der Waals surface area contributed by atoms with E-state index in [1.807, 2.05) is 0 Å². The van der Waals surface area contributed by atoms with Crippen LogP contribution in [0.3, 0.4) is 0 Å². The molecule has 0 unspecified atom stereocenters. The summed E-state index contributed by atoms with van der Waals surface area (Å²) in [6, 6.07) is 6.42. The summed E-state index contributed by atoms with van der Waals surface area (Å²) >= 11 is 0. The Hall–Kier alpha value is -2.43. The van der Waals surface area contributed by atoms with Crippen LogP contribution in [-0.4, -0.2) is 5.78 Å². The topological polar surface area (TPSA) is 71.0 Å². The fraction of sp³-hybridized carbons (Fsp3) is 0. The van der Waals surface area contributed by atoms with Crippen LogP contribution >= 0.6 is 0 Å². The molecule has 78 valence electrons. The van der Waals surface area contributed by atoms with Crippen molar-refractivity contribution in [2.45, 2.75) is 0 Å². The SMILES string of the molecule is O=C1c2c(ccc[n+]2[O-])-c2ccc[n+]([O-])c21. The molecule has 0 amide bonds. The number of hydrogen-bond donors (Lipinski definition) is 0. The lowest BCUT2D eigenvalue weighted by molar-refractivity contribution is -0.613. The quantitative estimate of drug-likeness (QED) is 0.395. The van der Waals surface area contributed by atoms with E-state index < -0.39 is 5.78 Å². The third-order valence-electron chi connectivity index (χ3n) is 2.64. The zero-order valence-corrected chi connectivity index (χ0v) is 8.08. The van der Waals surface area contributed by atoms with Gasteiger partial charge in [0, 0.05) is 12.1 Å². The molecule has 5 nitrogen and oxygen atoms in total. The van der Waals surface area contributed by atoms with E-state index in [-0.39, 0.29) is 11.4 Å². The van der Waals surface area contributed by atoms with Crippen LogP contribution in [0.4, 0.5) is 0 Å². The summed E-state index contributed by atoms with van der Waals surface area (Å²) in [7, 11) is 0. The zero-order valence-electron chi connectivity index (χ0n) is 8.08. The lowest BCUT2D eigenvalue weighted by Crippen LogP contribution is -2.37. The predicted molar refractivity (Wildman–Crippen MR) is 53.2 cm³/mol. The van der Waals surface area contributed by atoms with Crippen LogP contribution in [0.2, 0.25) is 0 Å². The fourth-order valence-electron chi connectivity index (χ4n) is 1.97. The van der Waals surface area contributed by atoms with Crippen LogP contribution in [-0.2, 0) is 0 Å². The molecule has 2 heterocycles. The van der Waals surface area contributed by atoms with Gasteiger partial charge in [0.05, 0.1) is 11.1 Å². The lowest BCUT2D eigenvalue weighted by Gasteiger charge is -1.99. The van der Waals surface area contributed by atoms with Gasteiger partial charge in [0.25, 0.3) is 11.4 Å². The van der Waals surface area contributed by atoms with E-state index in [2.05, 4.69) is 0 Å². The van der Waals surface area contributed by atoms with Gasteiger partial charge in [-0.1, -0.05) is 0 Å². The van der Waals surface area contributed by atoms with Crippen molar-refractivity contribution in [1.82, 2.24) is 0 Å². The van der Waals surface area contributed by atoms with Gasteiger partial charge in [-0.15, -0.1) is 0 Å². The van der Waals surface area contributed by atoms with E-state index in [4.69, 9.17) is 0 Å². The van der Waals surface area contributed by atoms with E-state index in [0.717, 1.165) is 0 Å². The van der Waals surface area contributed by atoms with Crippen LogP contribution < -0.4 is 9.46 Å². The summed E-state index contributed by atoms with van der Waals surface area (Å²) in [6.07, 6.45) is 2.50. The van der Waals surface area contributed by atoms with Crippen LogP contribution in [0.15, 0.2) is 36.7 Å². The summed E-state index contributed by atoms with van der Waals surface area (Å²) in [5.41, 5.74) is 1.08. The molecule has 0 bridgehead atoms. The molecule has 0 saturated heterocycles. The van der Waals surface area contributed by atoms with Crippen molar-refractivity contribution in [2.75, 3.05) is 0 Å². The number of aromatic nitrogens is 2. The molecule has 2 aromatic heterocycles. The third-order valence-corrected chi connectivity index (χ3v) is 2.64. The molecular weight excluding hydrogens is 208 g/mol. The maximum Gasteiger partial charge on any atom is 0.324 e. The van der Waals surface area contributed by atoms with Crippen molar-refractivity contribution < 1.29 is 14.3 Å². The highest BCUT2D eigenvalue weighted by Crippen LogP contribution is 2.31. The normalized spacial score (nSPS) is 12.4. The van der Waals surface area contributed by atoms with Gasteiger partial charge in [-0.05, 0) is 12.1 Å². The second-order valence-corrected chi connectivity index (χ2v) is 3.52. The third kappa shape index (κ3) is 0.916. The van der Waals surface area contributed by atoms with Crippen LogP contribution in [0.5, 0.6) is 0 Å². The largest absolute Gasteiger partial charge is 0.618 e. The summed E-state index contributed by atoms with van der Waals surface area (Å²) in [4.78, 5) is 11.9. The maximum absolute atomic E-state index is 11.9. The molecule has 1 aliphatic rings. The van der Waals surface area contributed by atoms with E-state index in [9.17, 15) is 15.2 Å². The van der Waals surface area contributed by atoms with Crippen LogP contribution in [0.25, 0.3) is 11.1 Å². The highest BCUT2D eigenvalue weighted by atomic mass is 16.5. The van der Waals surface area contributed by atoms with Gasteiger partial charge in [0.2, 0.25) is 0 Å². The molecular formula is C11H6N2O3. The molecule has 0 aromatic carbocycles. The van der Waals surface area contributed by atoms with Crippen molar-refractivity contribution in [2.24, 2.45) is 0 Å². The predicted octanol–water partition coefficient (Wildman–Crippen LogP) is 0.165. The average molecular weight is 214 g/mol. The number of ketones is 1. The zero-order chi connectivity index (χ0) is 11.3. The molecule has 0 aliphatic heterocycles. The Morgan fingerprint density at radius 1 is 0.875 bits per heavy atom. The van der Waals surface area contributed by atoms with Crippen molar-refractivity contribution in [3.05, 3.63) is 58.5 Å². The van der Waals surface area contributed by atoms with E-state index in [1.165, 1.54) is 12.4 Å². The number of carbonyl (C=O) groups is 1. The standard InChI is InChI=1S/C11H6N2O3/c14-11-9-7(3-1-5-12(9)15)8-4-2-6-13(16)10(8)11/h1-6H. The van der Waals surface area contributed by atoms with Gasteiger partial charge in [-0.3, -0.25) is 4.79 Å². The Kier molecular flexibility index (Phi) is 1.54. The van der Waals surface area contributed by atoms with E-state index >= 15 is 0 Å². The van der Waals surface area contributed by atoms with E-state index in [0.29, 0.717) is 20.6 Å². The number of carbonyl (C=O) groups excluding carboxylic acids is 1. The monoisotopic (exact) mass is 214 g/mol. The molecule has 0 atom stereocenters. The molecule has 5 heteroatoms. The minimum atomic E-state index is -0.517. The first-order chi connectivity index (χ1) is 7.70. The minimum absolute atomic E-state index is 0.0216. The first-order valence-corrected chi connectivity index (χ1v) is 4.69. The second-order valence-electron chi connectivity index (χ2n) is 3.52. The van der Waals surface area contributed by atoms with Crippen molar-refractivity contribution in [3.8, 4) is 11.1 Å². The van der Waals surface area contributed by atoms with Crippen LogP contribution in [0.1, 0.15) is 16.2 Å². The molecule has 0 fully saturated rings. The lowest BCUT2D eigenvalue weighted by atomic mass is 10.1. The Bertz CT molecular complexity index is 569. The molecule has 0 saturated carbocycles. The Morgan fingerprint density at radius 2 is 1.31 bits per heavy atom. The average Bonchev–Trinajstić information content (AvgIpc) is 2.56. The molecule has 0 radical (unpaired) electrons. The molecule has 0 N–H and O–H groups in total. The minimum Gasteiger partial charge on any atom is -0.618 e. The summed E-state index contributed by atoms with van der Waals surface area (Å²) in [5, 5.41) is 23.0. The summed E-state index contributed by atoms with van der Waals surface area (Å²) < 4.78 is 0.995. The first-order valence-electron chi connectivity index (χ1n) is 4.69. The van der Waals surface area contributed by atoms with Gasteiger partial charge in [0.15, 0.2) is 12.4 Å². The smallest absolute Gasteiger partial charge is 0.324 e. The van der Waals surface area contributed by atoms with Gasteiger partial charge in [-0.2, -0.15) is 9.46 Å². The second kappa shape index (κ2) is 2.79. The molecule has 2 aromatic rings. The van der Waals surface area contributed by atoms with Gasteiger partial charge >= 0.3 is 5.78 Å². The Labute approximate surface area is 90.4 Å². The van der Waals surface area contributed by atoms with Crippen molar-refractivity contribution >= 4 is 5.78 Å². The summed E-state index contributed by atoms with van der Waals surface area (Å²) in [5.74, 6) is -0.517. The number of nitrogens with zero attached hydrogens (tertiary/aromatic N) is 2. The molecule has 1 aliphatic carbocycles. The fourth-order valence-corrected chi connectivity index (χ4v) is 1.97. The number of fused-ring (bicyclic) bond motifs is 3. The van der Waals surface area contributed by atoms with Gasteiger partial charge in [-0.25, -0.2) is 0 Å². The molecule has 3 rings (SSSR count). The van der Waals surface area contributed by atoms with Crippen molar-refractivity contribution in [1.29, 1.82) is 0 Å². The van der Waals surface area contributed by atoms with Crippen LogP contribution in [0, 0.1) is 10.4 Å². The number of rotatable bonds is 0. The highest BCUT2D eigenvalue weighted by molar-refractivity contribution is 6.17. The summed E-state index contributed by atoms with van der Waals surface area (Å²) in [6.45, 7) is 0. The highest BCUT2D eigenvalue weighted by Gasteiger charge is 2.40. The van der Waals surface area contributed by atoms with Gasteiger partial charge in [0.1, 0.15) is 0 Å². The molecule has 0 spiro atoms. The number of pyridine rings is 2. The Balaban J connectivity index is 2.44. The first kappa shape index (κ1) is 8.84. The maximum atomic E-state index is 11.9. The van der Waals surface area contributed by atoms with Crippen molar-refractivity contribution in [3.63, 3.8) is 0 Å². The number of hydrogen-bond acceptors (Lipinski definition) is 3. The van der Waals surface area contributed by atoms with Gasteiger partial charge < -0.3 is 10.4 Å². The van der Waals surface area contributed by atoms with E-state index in [1.54, 1.807) is 24.3 Å². The Morgan fingerprint density at radius 3 is 1.75 bits per heavy atom.